The van der Waals surface area contributed by atoms with Gasteiger partial charge in [0.25, 0.3) is 0 Å². The summed E-state index contributed by atoms with van der Waals surface area (Å²) in [4.78, 5) is 2.59. The van der Waals surface area contributed by atoms with Crippen LogP contribution < -0.4 is 5.73 Å². The first-order chi connectivity index (χ1) is 8.10. The molecule has 106 valence electrons. The minimum atomic E-state index is -3.15. The first-order valence-electron chi connectivity index (χ1n) is 6.14. The van der Waals surface area contributed by atoms with Crippen LogP contribution in [0.15, 0.2) is 0 Å². The van der Waals surface area contributed by atoms with Gasteiger partial charge in [0.1, 0.15) is 0 Å². The lowest BCUT2D eigenvalue weighted by atomic mass is 10.0. The first-order valence-corrected chi connectivity index (χ1v) is 8.05. The molecule has 1 fully saturated rings. The molecule has 0 aromatic rings. The van der Waals surface area contributed by atoms with E-state index in [9.17, 15) is 8.42 Å². The van der Waals surface area contributed by atoms with Crippen LogP contribution in [-0.2, 0) is 10.0 Å². The highest BCUT2D eigenvalue weighted by Gasteiger charge is 2.35. The third-order valence-corrected chi connectivity index (χ3v) is 6.36. The SMILES string of the molecule is CC(C)S(=O)(=O)N1CCN(C(C)(C)C(N)=S)CC1. The van der Waals surface area contributed by atoms with Crippen LogP contribution in [0, 0.1) is 0 Å². The molecule has 1 aliphatic rings. The van der Waals surface area contributed by atoms with Gasteiger partial charge in [-0.15, -0.1) is 0 Å². The van der Waals surface area contributed by atoms with Crippen molar-refractivity contribution in [1.82, 2.24) is 9.21 Å². The summed E-state index contributed by atoms with van der Waals surface area (Å²) in [5.41, 5.74) is 5.37. The summed E-state index contributed by atoms with van der Waals surface area (Å²) < 4.78 is 25.6. The molecule has 7 heteroatoms. The van der Waals surface area contributed by atoms with Crippen LogP contribution in [0.25, 0.3) is 0 Å². The smallest absolute Gasteiger partial charge is 0.216 e. The molecule has 0 aliphatic carbocycles. The molecule has 0 amide bonds. The van der Waals surface area contributed by atoms with E-state index in [1.807, 2.05) is 13.8 Å². The lowest BCUT2D eigenvalue weighted by molar-refractivity contribution is 0.123. The van der Waals surface area contributed by atoms with E-state index in [0.717, 1.165) is 0 Å². The van der Waals surface area contributed by atoms with E-state index in [1.165, 1.54) is 0 Å². The van der Waals surface area contributed by atoms with Crippen LogP contribution in [0.2, 0.25) is 0 Å². The molecule has 18 heavy (non-hydrogen) atoms. The fourth-order valence-electron chi connectivity index (χ4n) is 1.96. The maximum absolute atomic E-state index is 12.0. The van der Waals surface area contributed by atoms with Crippen molar-refractivity contribution in [1.29, 1.82) is 0 Å². The molecular formula is C11H23N3O2S2. The molecule has 0 unspecified atom stereocenters. The third kappa shape index (κ3) is 3.01. The van der Waals surface area contributed by atoms with Crippen LogP contribution in [0.3, 0.4) is 0 Å². The van der Waals surface area contributed by atoms with E-state index in [-0.39, 0.29) is 10.8 Å². The Hall–Kier alpha value is -0.240. The number of piperazine rings is 1. The Kier molecular flexibility index (Phi) is 4.75. The van der Waals surface area contributed by atoms with E-state index in [0.29, 0.717) is 31.2 Å². The number of nitrogens with zero attached hydrogens (tertiary/aromatic N) is 2. The number of hydrogen-bond acceptors (Lipinski definition) is 4. The molecule has 1 aliphatic heterocycles. The summed E-state index contributed by atoms with van der Waals surface area (Å²) in [5.74, 6) is 0. The van der Waals surface area contributed by atoms with Gasteiger partial charge in [0.15, 0.2) is 0 Å². The van der Waals surface area contributed by atoms with Crippen molar-refractivity contribution in [3.63, 3.8) is 0 Å². The second kappa shape index (κ2) is 5.40. The Balaban J connectivity index is 2.71. The summed E-state index contributed by atoms with van der Waals surface area (Å²) in [6.07, 6.45) is 0. The second-order valence-corrected chi connectivity index (χ2v) is 8.33. The van der Waals surface area contributed by atoms with Crippen LogP contribution in [-0.4, -0.2) is 59.6 Å². The number of thiocarbonyl (C=S) groups is 1. The van der Waals surface area contributed by atoms with Crippen LogP contribution in [0.5, 0.6) is 0 Å². The van der Waals surface area contributed by atoms with E-state index in [4.69, 9.17) is 18.0 Å². The molecule has 1 heterocycles. The Labute approximate surface area is 115 Å². The van der Waals surface area contributed by atoms with Gasteiger partial charge in [0.05, 0.1) is 15.8 Å². The van der Waals surface area contributed by atoms with Gasteiger partial charge in [-0.3, -0.25) is 4.90 Å². The number of sulfonamides is 1. The Morgan fingerprint density at radius 2 is 1.67 bits per heavy atom. The highest BCUT2D eigenvalue weighted by Crippen LogP contribution is 2.19. The molecule has 0 bridgehead atoms. The fourth-order valence-corrected chi connectivity index (χ4v) is 3.35. The summed E-state index contributed by atoms with van der Waals surface area (Å²) in [7, 11) is -3.15. The van der Waals surface area contributed by atoms with Crippen LogP contribution in [0.1, 0.15) is 27.7 Å². The highest BCUT2D eigenvalue weighted by atomic mass is 32.2. The molecule has 0 aromatic carbocycles. The van der Waals surface area contributed by atoms with Crippen molar-refractivity contribution in [2.24, 2.45) is 5.73 Å². The zero-order valence-electron chi connectivity index (χ0n) is 11.5. The normalized spacial score (nSPS) is 20.3. The number of rotatable bonds is 4. The van der Waals surface area contributed by atoms with E-state index < -0.39 is 10.0 Å². The van der Waals surface area contributed by atoms with Gasteiger partial charge in [-0.1, -0.05) is 12.2 Å². The molecule has 1 rings (SSSR count). The van der Waals surface area contributed by atoms with Gasteiger partial charge >= 0.3 is 0 Å². The predicted molar refractivity (Wildman–Crippen MR) is 78.1 cm³/mol. The maximum Gasteiger partial charge on any atom is 0.216 e. The topological polar surface area (TPSA) is 66.6 Å². The number of nitrogens with two attached hydrogens (primary N) is 1. The molecule has 0 radical (unpaired) electrons. The van der Waals surface area contributed by atoms with Crippen molar-refractivity contribution in [2.75, 3.05) is 26.2 Å². The van der Waals surface area contributed by atoms with Crippen LogP contribution >= 0.6 is 12.2 Å². The molecule has 0 spiro atoms. The predicted octanol–water partition coefficient (Wildman–Crippen LogP) is 0.407. The zero-order chi connectivity index (χ0) is 14.1. The summed E-state index contributed by atoms with van der Waals surface area (Å²) >= 11 is 5.06. The average Bonchev–Trinajstić information content (AvgIpc) is 2.28. The largest absolute Gasteiger partial charge is 0.392 e. The maximum atomic E-state index is 12.0. The molecule has 2 N–H and O–H groups in total. The molecule has 0 atom stereocenters. The first kappa shape index (κ1) is 15.8. The van der Waals surface area contributed by atoms with Gasteiger partial charge in [-0.25, -0.2) is 8.42 Å². The highest BCUT2D eigenvalue weighted by molar-refractivity contribution is 7.89. The Bertz CT molecular complexity index is 410. The Morgan fingerprint density at radius 1 is 1.22 bits per heavy atom. The van der Waals surface area contributed by atoms with Crippen molar-refractivity contribution in [3.05, 3.63) is 0 Å². The molecule has 0 saturated carbocycles. The summed E-state index contributed by atoms with van der Waals surface area (Å²) in [5, 5.41) is -0.368. The number of hydrogen-bond donors (Lipinski definition) is 1. The van der Waals surface area contributed by atoms with Crippen LogP contribution in [0.4, 0.5) is 0 Å². The second-order valence-electron chi connectivity index (χ2n) is 5.40. The van der Waals surface area contributed by atoms with Crippen molar-refractivity contribution in [2.45, 2.75) is 38.5 Å². The van der Waals surface area contributed by atoms with E-state index >= 15 is 0 Å². The van der Waals surface area contributed by atoms with Gasteiger partial charge in [-0.2, -0.15) is 4.31 Å². The monoisotopic (exact) mass is 293 g/mol. The molecule has 1 saturated heterocycles. The summed E-state index contributed by atoms with van der Waals surface area (Å²) in [6.45, 7) is 9.71. The van der Waals surface area contributed by atoms with E-state index in [1.54, 1.807) is 18.2 Å². The van der Waals surface area contributed by atoms with Crippen molar-refractivity contribution < 1.29 is 8.42 Å². The van der Waals surface area contributed by atoms with Gasteiger partial charge in [-0.05, 0) is 27.7 Å². The van der Waals surface area contributed by atoms with Crippen molar-refractivity contribution in [3.8, 4) is 0 Å². The fraction of sp³-hybridized carbons (Fsp3) is 0.909. The molecule has 0 aromatic heterocycles. The van der Waals surface area contributed by atoms with E-state index in [2.05, 4.69) is 4.90 Å². The van der Waals surface area contributed by atoms with Gasteiger partial charge in [0, 0.05) is 26.2 Å². The quantitative estimate of drug-likeness (QED) is 0.760. The van der Waals surface area contributed by atoms with Crippen molar-refractivity contribution >= 4 is 27.2 Å². The lowest BCUT2D eigenvalue weighted by Gasteiger charge is -2.43. The zero-order valence-corrected chi connectivity index (χ0v) is 13.1. The average molecular weight is 293 g/mol. The standard InChI is InChI=1S/C11H23N3O2S2/c1-9(2)18(15,16)14-7-5-13(6-8-14)11(3,4)10(12)17/h9H,5-8H2,1-4H3,(H2,12,17). The minimum Gasteiger partial charge on any atom is -0.392 e. The molecular weight excluding hydrogens is 270 g/mol. The minimum absolute atomic E-state index is 0.358. The van der Waals surface area contributed by atoms with Gasteiger partial charge < -0.3 is 5.73 Å². The summed E-state index contributed by atoms with van der Waals surface area (Å²) in [6, 6.07) is 0. The Morgan fingerprint density at radius 3 is 2.00 bits per heavy atom. The third-order valence-electron chi connectivity index (χ3n) is 3.59. The molecule has 5 nitrogen and oxygen atoms in total. The lowest BCUT2D eigenvalue weighted by Crippen LogP contribution is -2.60. The van der Waals surface area contributed by atoms with Gasteiger partial charge in [0.2, 0.25) is 10.0 Å².